The first kappa shape index (κ1) is 43.7. The van der Waals surface area contributed by atoms with E-state index in [-0.39, 0.29) is 0 Å². The Kier molecular flexibility index (Phi) is 34.5. The van der Waals surface area contributed by atoms with Gasteiger partial charge in [-0.1, -0.05) is 186 Å². The summed E-state index contributed by atoms with van der Waals surface area (Å²) in [6, 6.07) is 0. The molecule has 4 heteroatoms. The van der Waals surface area contributed by atoms with E-state index in [4.69, 9.17) is 10.2 Å². The fourth-order valence-corrected chi connectivity index (χ4v) is 6.64. The Morgan fingerprint density at radius 2 is 0.689 bits per heavy atom. The van der Waals surface area contributed by atoms with Crippen molar-refractivity contribution in [3.63, 3.8) is 0 Å². The molecule has 1 atom stereocenters. The smallest absolute Gasteiger partial charge is 0.303 e. The first-order valence-corrected chi connectivity index (χ1v) is 20.1. The number of carboxylic acids is 2. The van der Waals surface area contributed by atoms with Crippen molar-refractivity contribution in [2.45, 2.75) is 232 Å². The SMILES string of the molecule is CCCCCCCCCCCC(C)C=C(CCCCCCCCCCCCC(=O)O)CCCCCCCCCCCCC(=O)O. The summed E-state index contributed by atoms with van der Waals surface area (Å²) in [5.41, 5.74) is 1.74. The van der Waals surface area contributed by atoms with E-state index < -0.39 is 11.9 Å². The van der Waals surface area contributed by atoms with E-state index in [1.807, 2.05) is 0 Å². The molecular formula is C41H78O4. The molecule has 2 N–H and O–H groups in total. The lowest BCUT2D eigenvalue weighted by atomic mass is 9.93. The molecule has 0 saturated heterocycles. The molecule has 0 rings (SSSR count). The van der Waals surface area contributed by atoms with E-state index >= 15 is 0 Å². The number of rotatable bonds is 37. The van der Waals surface area contributed by atoms with Crippen LogP contribution in [0.15, 0.2) is 11.6 Å². The molecule has 0 saturated carbocycles. The maximum atomic E-state index is 10.6. The number of unbranched alkanes of at least 4 members (excludes halogenated alkanes) is 26. The molecule has 0 aliphatic carbocycles. The minimum absolute atomic E-state index is 0.328. The Morgan fingerprint density at radius 1 is 0.422 bits per heavy atom. The molecule has 0 radical (unpaired) electrons. The largest absolute Gasteiger partial charge is 0.481 e. The van der Waals surface area contributed by atoms with Crippen LogP contribution in [0.25, 0.3) is 0 Å². The predicted octanol–water partition coefficient (Wildman–Crippen LogP) is 14.0. The van der Waals surface area contributed by atoms with E-state index in [1.54, 1.807) is 5.57 Å². The summed E-state index contributed by atoms with van der Waals surface area (Å²) < 4.78 is 0. The maximum absolute atomic E-state index is 10.6. The molecule has 266 valence electrons. The Labute approximate surface area is 281 Å². The van der Waals surface area contributed by atoms with Crippen LogP contribution in [0.1, 0.15) is 232 Å². The minimum Gasteiger partial charge on any atom is -0.481 e. The average molecular weight is 635 g/mol. The molecule has 0 bridgehead atoms. The van der Waals surface area contributed by atoms with E-state index in [9.17, 15) is 9.59 Å². The van der Waals surface area contributed by atoms with Crippen LogP contribution in [-0.4, -0.2) is 22.2 Å². The van der Waals surface area contributed by atoms with E-state index in [2.05, 4.69) is 19.9 Å². The molecule has 0 heterocycles. The van der Waals surface area contributed by atoms with Crippen LogP contribution in [0.4, 0.5) is 0 Å². The van der Waals surface area contributed by atoms with Gasteiger partial charge in [-0.05, 0) is 50.9 Å². The van der Waals surface area contributed by atoms with Gasteiger partial charge in [0.05, 0.1) is 0 Å². The van der Waals surface area contributed by atoms with Crippen molar-refractivity contribution in [3.8, 4) is 0 Å². The zero-order chi connectivity index (χ0) is 33.1. The van der Waals surface area contributed by atoms with Crippen molar-refractivity contribution in [3.05, 3.63) is 11.6 Å². The summed E-state index contributed by atoms with van der Waals surface area (Å²) in [4.78, 5) is 21.2. The number of hydrogen-bond donors (Lipinski definition) is 2. The Hall–Kier alpha value is -1.32. The molecule has 0 aromatic heterocycles. The van der Waals surface area contributed by atoms with Gasteiger partial charge >= 0.3 is 11.9 Å². The third-order valence-electron chi connectivity index (χ3n) is 9.56. The van der Waals surface area contributed by atoms with Gasteiger partial charge in [0.1, 0.15) is 0 Å². The summed E-state index contributed by atoms with van der Waals surface area (Å²) in [6.45, 7) is 4.75. The predicted molar refractivity (Wildman–Crippen MR) is 195 cm³/mol. The summed E-state index contributed by atoms with van der Waals surface area (Å²) in [6.07, 6.45) is 44.8. The monoisotopic (exact) mass is 635 g/mol. The van der Waals surface area contributed by atoms with Crippen molar-refractivity contribution >= 4 is 11.9 Å². The van der Waals surface area contributed by atoms with E-state index in [1.165, 1.54) is 180 Å². The van der Waals surface area contributed by atoms with Crippen LogP contribution in [-0.2, 0) is 9.59 Å². The van der Waals surface area contributed by atoms with Crippen LogP contribution in [0.5, 0.6) is 0 Å². The molecule has 45 heavy (non-hydrogen) atoms. The first-order chi connectivity index (χ1) is 22.0. The maximum Gasteiger partial charge on any atom is 0.303 e. The number of hydrogen-bond acceptors (Lipinski definition) is 2. The van der Waals surface area contributed by atoms with Crippen LogP contribution in [0.2, 0.25) is 0 Å². The topological polar surface area (TPSA) is 74.6 Å². The number of allylic oxidation sites excluding steroid dienone is 2. The van der Waals surface area contributed by atoms with Gasteiger partial charge in [-0.15, -0.1) is 0 Å². The Bertz CT molecular complexity index is 630. The average Bonchev–Trinajstić information content (AvgIpc) is 3.00. The normalized spacial score (nSPS) is 12.0. The van der Waals surface area contributed by atoms with Crippen LogP contribution < -0.4 is 0 Å². The van der Waals surface area contributed by atoms with E-state index in [0.717, 1.165) is 31.6 Å². The highest BCUT2D eigenvalue weighted by molar-refractivity contribution is 5.66. The van der Waals surface area contributed by atoms with Crippen LogP contribution in [0.3, 0.4) is 0 Å². The minimum atomic E-state index is -0.660. The Balaban J connectivity index is 4.16. The summed E-state index contributed by atoms with van der Waals surface area (Å²) in [5.74, 6) is -0.602. The summed E-state index contributed by atoms with van der Waals surface area (Å²) in [5, 5.41) is 17.5. The third kappa shape index (κ3) is 37.0. The highest BCUT2D eigenvalue weighted by Gasteiger charge is 2.05. The molecule has 0 aromatic carbocycles. The quantitative estimate of drug-likeness (QED) is 0.0526. The standard InChI is InChI=1S/C41H78O4/c1-3-4-5-6-7-12-17-22-27-32-38(2)37-39(33-28-23-18-13-8-10-15-20-25-30-35-40(42)43)34-29-24-19-14-9-11-16-21-26-31-36-41(44)45/h37-38H,3-36H2,1-2H3,(H,42,43)(H,44,45). The molecular weight excluding hydrogens is 556 g/mol. The molecule has 1 unspecified atom stereocenters. The summed E-state index contributed by atoms with van der Waals surface area (Å²) in [7, 11) is 0. The van der Waals surface area contributed by atoms with Crippen molar-refractivity contribution in [2.75, 3.05) is 0 Å². The fourth-order valence-electron chi connectivity index (χ4n) is 6.64. The van der Waals surface area contributed by atoms with Gasteiger partial charge in [-0.2, -0.15) is 0 Å². The zero-order valence-corrected chi connectivity index (χ0v) is 30.4. The fraction of sp³-hybridized carbons (Fsp3) is 0.902. The van der Waals surface area contributed by atoms with E-state index in [0.29, 0.717) is 12.8 Å². The molecule has 0 aliphatic heterocycles. The van der Waals surface area contributed by atoms with Gasteiger partial charge in [0.2, 0.25) is 0 Å². The van der Waals surface area contributed by atoms with Crippen molar-refractivity contribution in [2.24, 2.45) is 5.92 Å². The van der Waals surface area contributed by atoms with Crippen molar-refractivity contribution in [1.82, 2.24) is 0 Å². The lowest BCUT2D eigenvalue weighted by Gasteiger charge is -2.13. The molecule has 0 fully saturated rings. The molecule has 0 amide bonds. The second kappa shape index (κ2) is 35.5. The number of carboxylic acid groups (broad SMARTS) is 2. The molecule has 0 aliphatic rings. The van der Waals surface area contributed by atoms with Gasteiger partial charge in [-0.3, -0.25) is 9.59 Å². The second-order valence-corrected chi connectivity index (χ2v) is 14.3. The van der Waals surface area contributed by atoms with Crippen LogP contribution >= 0.6 is 0 Å². The third-order valence-corrected chi connectivity index (χ3v) is 9.56. The van der Waals surface area contributed by atoms with Crippen molar-refractivity contribution < 1.29 is 19.8 Å². The van der Waals surface area contributed by atoms with Gasteiger partial charge in [-0.25, -0.2) is 0 Å². The van der Waals surface area contributed by atoms with Crippen LogP contribution in [0, 0.1) is 5.92 Å². The highest BCUT2D eigenvalue weighted by Crippen LogP contribution is 2.23. The molecule has 4 nitrogen and oxygen atoms in total. The number of carbonyl (C=O) groups is 2. The summed E-state index contributed by atoms with van der Waals surface area (Å²) >= 11 is 0. The van der Waals surface area contributed by atoms with Crippen molar-refractivity contribution in [1.29, 1.82) is 0 Å². The highest BCUT2D eigenvalue weighted by atomic mass is 16.4. The van der Waals surface area contributed by atoms with Gasteiger partial charge in [0.25, 0.3) is 0 Å². The van der Waals surface area contributed by atoms with Gasteiger partial charge < -0.3 is 10.2 Å². The first-order valence-electron chi connectivity index (χ1n) is 20.1. The van der Waals surface area contributed by atoms with Gasteiger partial charge in [0, 0.05) is 12.8 Å². The lowest BCUT2D eigenvalue weighted by molar-refractivity contribution is -0.138. The zero-order valence-electron chi connectivity index (χ0n) is 30.4. The molecule has 0 spiro atoms. The Morgan fingerprint density at radius 3 is 1.00 bits per heavy atom. The number of aliphatic carboxylic acids is 2. The molecule has 0 aromatic rings. The second-order valence-electron chi connectivity index (χ2n) is 14.3. The lowest BCUT2D eigenvalue weighted by Crippen LogP contribution is -1.95. The van der Waals surface area contributed by atoms with Gasteiger partial charge in [0.15, 0.2) is 0 Å².